The Balaban J connectivity index is 1.83. The van der Waals surface area contributed by atoms with Gasteiger partial charge in [-0.2, -0.15) is 5.10 Å². The van der Waals surface area contributed by atoms with Gasteiger partial charge in [0.25, 0.3) is 5.91 Å². The average Bonchev–Trinajstić information content (AvgIpc) is 3.15. The first-order valence-corrected chi connectivity index (χ1v) is 10.2. The van der Waals surface area contributed by atoms with Crippen LogP contribution in [0.25, 0.3) is 11.0 Å². The Morgan fingerprint density at radius 3 is 2.56 bits per heavy atom. The lowest BCUT2D eigenvalue weighted by Gasteiger charge is -2.22. The highest BCUT2D eigenvalue weighted by atomic mass is 19.2. The van der Waals surface area contributed by atoms with Crippen LogP contribution >= 0.6 is 0 Å². The Kier molecular flexibility index (Phi) is 6.81. The molecule has 0 aliphatic rings. The number of carbonyl (C=O) groups is 2. The van der Waals surface area contributed by atoms with E-state index in [0.29, 0.717) is 34.8 Å². The Bertz CT molecular complexity index is 1180. The number of hydrogen-bond acceptors (Lipinski definition) is 4. The third-order valence-electron chi connectivity index (χ3n) is 4.90. The number of halogens is 3. The smallest absolute Gasteiger partial charge is 0.256 e. The second-order valence-corrected chi connectivity index (χ2v) is 7.71. The molecule has 0 aliphatic heterocycles. The van der Waals surface area contributed by atoms with E-state index in [0.717, 1.165) is 6.07 Å². The number of amides is 2. The van der Waals surface area contributed by atoms with Crippen LogP contribution in [0, 0.1) is 24.4 Å². The lowest BCUT2D eigenvalue weighted by molar-refractivity contribution is -0.116. The first-order valence-electron chi connectivity index (χ1n) is 10.2. The molecule has 3 rings (SSSR count). The fraction of sp³-hybridized carbons (Fsp3) is 0.364. The van der Waals surface area contributed by atoms with Gasteiger partial charge in [0, 0.05) is 18.0 Å². The molecule has 2 aromatic heterocycles. The predicted octanol–water partition coefficient (Wildman–Crippen LogP) is 4.23. The van der Waals surface area contributed by atoms with E-state index < -0.39 is 41.5 Å². The summed E-state index contributed by atoms with van der Waals surface area (Å²) in [6.07, 6.45) is 2.19. The van der Waals surface area contributed by atoms with Gasteiger partial charge < -0.3 is 10.2 Å². The lowest BCUT2D eigenvalue weighted by atomic mass is 10.1. The summed E-state index contributed by atoms with van der Waals surface area (Å²) >= 11 is 0. The van der Waals surface area contributed by atoms with Gasteiger partial charge in [-0.25, -0.2) is 22.8 Å². The number of nitrogens with zero attached hydrogens (tertiary/aromatic N) is 4. The minimum Gasteiger partial charge on any atom is -0.329 e. The summed E-state index contributed by atoms with van der Waals surface area (Å²) in [6.45, 7) is 7.35. The van der Waals surface area contributed by atoms with Gasteiger partial charge in [-0.15, -0.1) is 0 Å². The molecule has 0 aliphatic carbocycles. The standard InChI is InChI=1S/C22H24F3N5O2/c1-5-8-29(11-18(31)28-17-7-6-16(23)19(24)20(17)25)22(32)15-9-14-10-26-30(12(2)3)21(14)27-13(15)4/h6-7,9-10,12H,5,8,11H2,1-4H3,(H,28,31). The van der Waals surface area contributed by atoms with Gasteiger partial charge in [-0.05, 0) is 45.4 Å². The molecule has 0 spiro atoms. The number of benzene rings is 1. The summed E-state index contributed by atoms with van der Waals surface area (Å²) in [5, 5.41) is 7.19. The summed E-state index contributed by atoms with van der Waals surface area (Å²) in [6, 6.07) is 3.41. The van der Waals surface area contributed by atoms with Gasteiger partial charge >= 0.3 is 0 Å². The quantitative estimate of drug-likeness (QED) is 0.550. The van der Waals surface area contributed by atoms with Gasteiger partial charge in [0.05, 0.1) is 23.1 Å². The molecule has 170 valence electrons. The third-order valence-corrected chi connectivity index (χ3v) is 4.90. The van der Waals surface area contributed by atoms with Crippen molar-refractivity contribution in [3.05, 3.63) is 53.1 Å². The topological polar surface area (TPSA) is 80.1 Å². The molecular formula is C22H24F3N5O2. The number of carbonyl (C=O) groups excluding carboxylic acids is 2. The predicted molar refractivity (Wildman–Crippen MR) is 114 cm³/mol. The van der Waals surface area contributed by atoms with E-state index in [9.17, 15) is 22.8 Å². The molecule has 3 aromatic rings. The Hall–Kier alpha value is -3.43. The minimum atomic E-state index is -1.68. The second-order valence-electron chi connectivity index (χ2n) is 7.71. The Labute approximate surface area is 183 Å². The average molecular weight is 447 g/mol. The summed E-state index contributed by atoms with van der Waals surface area (Å²) in [5.74, 6) is -5.70. The number of fused-ring (bicyclic) bond motifs is 1. The van der Waals surface area contributed by atoms with Crippen molar-refractivity contribution >= 4 is 28.5 Å². The second kappa shape index (κ2) is 9.37. The molecule has 2 amide bonds. The first-order chi connectivity index (χ1) is 15.1. The molecule has 0 radical (unpaired) electrons. The molecule has 7 nitrogen and oxygen atoms in total. The van der Waals surface area contributed by atoms with Crippen LogP contribution < -0.4 is 5.32 Å². The maximum atomic E-state index is 13.9. The van der Waals surface area contributed by atoms with Crippen LogP contribution in [-0.2, 0) is 4.79 Å². The first kappa shape index (κ1) is 23.2. The van der Waals surface area contributed by atoms with Crippen molar-refractivity contribution in [2.24, 2.45) is 0 Å². The molecule has 0 saturated carbocycles. The zero-order chi connectivity index (χ0) is 23.6. The molecule has 0 saturated heterocycles. The fourth-order valence-corrected chi connectivity index (χ4v) is 3.34. The van der Waals surface area contributed by atoms with Crippen molar-refractivity contribution in [3.8, 4) is 0 Å². The maximum Gasteiger partial charge on any atom is 0.256 e. The molecule has 0 fully saturated rings. The molecular weight excluding hydrogens is 423 g/mol. The van der Waals surface area contributed by atoms with E-state index in [2.05, 4.69) is 15.4 Å². The highest BCUT2D eigenvalue weighted by Crippen LogP contribution is 2.22. The maximum absolute atomic E-state index is 13.9. The summed E-state index contributed by atoms with van der Waals surface area (Å²) in [7, 11) is 0. The van der Waals surface area contributed by atoms with Crippen molar-refractivity contribution in [1.82, 2.24) is 19.7 Å². The third kappa shape index (κ3) is 4.58. The highest BCUT2D eigenvalue weighted by Gasteiger charge is 2.23. The number of aryl methyl sites for hydroxylation is 1. The van der Waals surface area contributed by atoms with Crippen LogP contribution in [0.5, 0.6) is 0 Å². The van der Waals surface area contributed by atoms with Gasteiger partial charge in [-0.1, -0.05) is 6.92 Å². The van der Waals surface area contributed by atoms with Crippen molar-refractivity contribution in [3.63, 3.8) is 0 Å². The number of aromatic nitrogens is 3. The molecule has 32 heavy (non-hydrogen) atoms. The molecule has 1 N–H and O–H groups in total. The zero-order valence-electron chi connectivity index (χ0n) is 18.2. The SMILES string of the molecule is CCCN(CC(=O)Nc1ccc(F)c(F)c1F)C(=O)c1cc2cnn(C(C)C)c2nc1C. The van der Waals surface area contributed by atoms with E-state index in [-0.39, 0.29) is 12.6 Å². The monoisotopic (exact) mass is 447 g/mol. The zero-order valence-corrected chi connectivity index (χ0v) is 18.2. The number of rotatable bonds is 7. The van der Waals surface area contributed by atoms with E-state index in [1.165, 1.54) is 4.90 Å². The summed E-state index contributed by atoms with van der Waals surface area (Å²) in [5.41, 5.74) is 0.958. The van der Waals surface area contributed by atoms with Crippen LogP contribution in [-0.4, -0.2) is 44.6 Å². The summed E-state index contributed by atoms with van der Waals surface area (Å²) in [4.78, 5) is 31.5. The van der Waals surface area contributed by atoms with E-state index >= 15 is 0 Å². The van der Waals surface area contributed by atoms with Crippen molar-refractivity contribution in [2.45, 2.75) is 40.2 Å². The van der Waals surface area contributed by atoms with Crippen LogP contribution in [0.2, 0.25) is 0 Å². The molecule has 2 heterocycles. The van der Waals surface area contributed by atoms with Gasteiger partial charge in [-0.3, -0.25) is 9.59 Å². The minimum absolute atomic E-state index is 0.0953. The van der Waals surface area contributed by atoms with Gasteiger partial charge in [0.15, 0.2) is 23.1 Å². The number of anilines is 1. The molecule has 0 unspecified atom stereocenters. The molecule has 1 aromatic carbocycles. The normalized spacial score (nSPS) is 11.2. The molecule has 0 atom stereocenters. The van der Waals surface area contributed by atoms with Crippen molar-refractivity contribution < 1.29 is 22.8 Å². The number of pyridine rings is 1. The van der Waals surface area contributed by atoms with Gasteiger partial charge in [0.2, 0.25) is 5.91 Å². The molecule has 10 heteroatoms. The van der Waals surface area contributed by atoms with Crippen LogP contribution in [0.1, 0.15) is 49.3 Å². The lowest BCUT2D eigenvalue weighted by Crippen LogP contribution is -2.39. The largest absolute Gasteiger partial charge is 0.329 e. The highest BCUT2D eigenvalue weighted by molar-refractivity contribution is 6.01. The Morgan fingerprint density at radius 1 is 1.19 bits per heavy atom. The van der Waals surface area contributed by atoms with Crippen molar-refractivity contribution in [2.75, 3.05) is 18.4 Å². The Morgan fingerprint density at radius 2 is 1.91 bits per heavy atom. The summed E-state index contributed by atoms with van der Waals surface area (Å²) < 4.78 is 42.1. The van der Waals surface area contributed by atoms with E-state index in [1.54, 1.807) is 23.9 Å². The van der Waals surface area contributed by atoms with Crippen LogP contribution in [0.15, 0.2) is 24.4 Å². The van der Waals surface area contributed by atoms with Crippen molar-refractivity contribution in [1.29, 1.82) is 0 Å². The molecule has 0 bridgehead atoms. The number of nitrogens with one attached hydrogen (secondary N) is 1. The van der Waals surface area contributed by atoms with E-state index in [1.807, 2.05) is 20.8 Å². The van der Waals surface area contributed by atoms with Gasteiger partial charge in [0.1, 0.15) is 6.54 Å². The van der Waals surface area contributed by atoms with Crippen LogP contribution in [0.4, 0.5) is 18.9 Å². The van der Waals surface area contributed by atoms with E-state index in [4.69, 9.17) is 0 Å². The number of hydrogen-bond donors (Lipinski definition) is 1. The van der Waals surface area contributed by atoms with Crippen LogP contribution in [0.3, 0.4) is 0 Å². The fourth-order valence-electron chi connectivity index (χ4n) is 3.34.